The smallest absolute Gasteiger partial charge is 0.326 e. The van der Waals surface area contributed by atoms with Crippen LogP contribution in [0.1, 0.15) is 42.1 Å². The number of nitrogens with one attached hydrogen (secondary N) is 1. The number of nitrogens with zero attached hydrogens (tertiary/aromatic N) is 1. The van der Waals surface area contributed by atoms with Crippen LogP contribution in [0.25, 0.3) is 0 Å². The summed E-state index contributed by atoms with van der Waals surface area (Å²) in [4.78, 5) is 37.8. The normalized spacial score (nSPS) is 28.6. The fourth-order valence-corrected chi connectivity index (χ4v) is 4.20. The zero-order chi connectivity index (χ0) is 18.5. The second-order valence-electron chi connectivity index (χ2n) is 7.69. The van der Waals surface area contributed by atoms with Crippen molar-refractivity contribution in [2.45, 2.75) is 44.7 Å². The zero-order valence-electron chi connectivity index (χ0n) is 14.7. The van der Waals surface area contributed by atoms with Crippen molar-refractivity contribution in [3.63, 3.8) is 0 Å². The third-order valence-corrected chi connectivity index (χ3v) is 5.78. The highest BCUT2D eigenvalue weighted by atomic mass is 16.5. The maximum Gasteiger partial charge on any atom is 0.326 e. The Hall–Kier alpha value is -2.57. The molecule has 0 radical (unpaired) electrons. The Morgan fingerprint density at radius 3 is 2.92 bits per heavy atom. The Labute approximate surface area is 151 Å². The molecule has 2 N–H and O–H groups in total. The van der Waals surface area contributed by atoms with Gasteiger partial charge in [0.05, 0.1) is 13.2 Å². The Kier molecular flexibility index (Phi) is 3.89. The largest absolute Gasteiger partial charge is 0.493 e. The molecular formula is C19H22N2O5. The SMILES string of the molecule is C[C@@]12C[C@@H]1N(C(=O)CNC(=O)c1ccc3c(c1)CCCO3)[C@H](C(=O)O)C2. The van der Waals surface area contributed by atoms with Gasteiger partial charge in [0.2, 0.25) is 5.91 Å². The fourth-order valence-electron chi connectivity index (χ4n) is 4.20. The van der Waals surface area contributed by atoms with E-state index >= 15 is 0 Å². The number of likely N-dealkylation sites (tertiary alicyclic amines) is 1. The number of rotatable bonds is 4. The number of aliphatic carboxylic acids is 1. The van der Waals surface area contributed by atoms with Crippen molar-refractivity contribution in [3.8, 4) is 5.75 Å². The summed E-state index contributed by atoms with van der Waals surface area (Å²) in [7, 11) is 0. The first-order valence-corrected chi connectivity index (χ1v) is 8.97. The molecule has 4 rings (SSSR count). The molecule has 2 heterocycles. The molecule has 0 unspecified atom stereocenters. The van der Waals surface area contributed by atoms with Crippen molar-refractivity contribution in [3.05, 3.63) is 29.3 Å². The quantitative estimate of drug-likeness (QED) is 0.843. The van der Waals surface area contributed by atoms with Crippen molar-refractivity contribution in [1.82, 2.24) is 10.2 Å². The minimum Gasteiger partial charge on any atom is -0.493 e. The predicted molar refractivity (Wildman–Crippen MR) is 92.0 cm³/mol. The van der Waals surface area contributed by atoms with Gasteiger partial charge >= 0.3 is 5.97 Å². The summed E-state index contributed by atoms with van der Waals surface area (Å²) in [5, 5.41) is 12.0. The number of piperidine rings is 1. The molecule has 138 valence electrons. The number of carboxylic acid groups (broad SMARTS) is 1. The predicted octanol–water partition coefficient (Wildman–Crippen LogP) is 1.21. The Morgan fingerprint density at radius 1 is 1.35 bits per heavy atom. The van der Waals surface area contributed by atoms with Crippen LogP contribution >= 0.6 is 0 Å². The monoisotopic (exact) mass is 358 g/mol. The maximum absolute atomic E-state index is 12.5. The summed E-state index contributed by atoms with van der Waals surface area (Å²) in [6.07, 6.45) is 3.10. The third kappa shape index (κ3) is 2.81. The highest BCUT2D eigenvalue weighted by molar-refractivity contribution is 5.97. The molecule has 0 bridgehead atoms. The average molecular weight is 358 g/mol. The van der Waals surface area contributed by atoms with E-state index in [2.05, 4.69) is 5.32 Å². The molecule has 26 heavy (non-hydrogen) atoms. The molecule has 3 atom stereocenters. The standard InChI is InChI=1S/C19H22N2O5/c1-19-8-13(18(24)25)21(15(19)9-19)16(22)10-20-17(23)12-4-5-14-11(7-12)3-2-6-26-14/h4-5,7,13,15H,2-3,6,8-10H2,1H3,(H,20,23)(H,24,25)/t13-,15-,19+/m0/s1. The van der Waals surface area contributed by atoms with Crippen LogP contribution in [0.2, 0.25) is 0 Å². The molecule has 1 saturated heterocycles. The second-order valence-corrected chi connectivity index (χ2v) is 7.69. The van der Waals surface area contributed by atoms with Gasteiger partial charge in [0.1, 0.15) is 11.8 Å². The van der Waals surface area contributed by atoms with E-state index in [-0.39, 0.29) is 29.8 Å². The number of hydrogen-bond donors (Lipinski definition) is 2. The van der Waals surface area contributed by atoms with E-state index in [4.69, 9.17) is 4.74 Å². The highest BCUT2D eigenvalue weighted by Gasteiger charge is 2.64. The van der Waals surface area contributed by atoms with Crippen molar-refractivity contribution >= 4 is 17.8 Å². The highest BCUT2D eigenvalue weighted by Crippen LogP contribution is 2.59. The Bertz CT molecular complexity index is 792. The van der Waals surface area contributed by atoms with Crippen LogP contribution in [0.15, 0.2) is 18.2 Å². The average Bonchev–Trinajstić information content (AvgIpc) is 3.19. The van der Waals surface area contributed by atoms with Gasteiger partial charge in [-0.3, -0.25) is 9.59 Å². The van der Waals surface area contributed by atoms with Crippen molar-refractivity contribution in [2.24, 2.45) is 5.41 Å². The number of benzene rings is 1. The molecule has 7 heteroatoms. The van der Waals surface area contributed by atoms with Gasteiger partial charge in [-0.15, -0.1) is 0 Å². The second kappa shape index (κ2) is 6.00. The van der Waals surface area contributed by atoms with E-state index in [1.54, 1.807) is 18.2 Å². The molecule has 2 aliphatic heterocycles. The number of carbonyl (C=O) groups is 3. The lowest BCUT2D eigenvalue weighted by molar-refractivity contribution is -0.149. The number of hydrogen-bond acceptors (Lipinski definition) is 4. The number of fused-ring (bicyclic) bond motifs is 2. The molecule has 2 fully saturated rings. The van der Waals surface area contributed by atoms with E-state index in [9.17, 15) is 19.5 Å². The molecule has 1 aromatic rings. The van der Waals surface area contributed by atoms with Gasteiger partial charge in [-0.25, -0.2) is 4.79 Å². The van der Waals surface area contributed by atoms with Crippen LogP contribution in [0, 0.1) is 5.41 Å². The minimum atomic E-state index is -0.979. The summed E-state index contributed by atoms with van der Waals surface area (Å²) in [5.74, 6) is -0.847. The molecule has 1 saturated carbocycles. The van der Waals surface area contributed by atoms with Gasteiger partial charge in [0, 0.05) is 11.6 Å². The van der Waals surface area contributed by atoms with Crippen molar-refractivity contribution in [2.75, 3.05) is 13.2 Å². The number of carbonyl (C=O) groups excluding carboxylic acids is 2. The maximum atomic E-state index is 12.5. The first-order valence-electron chi connectivity index (χ1n) is 8.97. The summed E-state index contributed by atoms with van der Waals surface area (Å²) < 4.78 is 5.54. The van der Waals surface area contributed by atoms with E-state index in [0.29, 0.717) is 18.6 Å². The van der Waals surface area contributed by atoms with Gasteiger partial charge in [-0.1, -0.05) is 6.92 Å². The number of aryl methyl sites for hydroxylation is 1. The van der Waals surface area contributed by atoms with E-state index in [0.717, 1.165) is 30.6 Å². The summed E-state index contributed by atoms with van der Waals surface area (Å²) in [6.45, 7) is 2.51. The summed E-state index contributed by atoms with van der Waals surface area (Å²) >= 11 is 0. The Balaban J connectivity index is 1.40. The van der Waals surface area contributed by atoms with Crippen molar-refractivity contribution < 1.29 is 24.2 Å². The number of ether oxygens (including phenoxy) is 1. The van der Waals surface area contributed by atoms with E-state index < -0.39 is 12.0 Å². The lowest BCUT2D eigenvalue weighted by Crippen LogP contribution is -2.47. The molecule has 1 aromatic carbocycles. The zero-order valence-corrected chi connectivity index (χ0v) is 14.7. The summed E-state index contributed by atoms with van der Waals surface area (Å²) in [6, 6.07) is 4.44. The fraction of sp³-hybridized carbons (Fsp3) is 0.526. The minimum absolute atomic E-state index is 0.0195. The van der Waals surface area contributed by atoms with Crippen LogP contribution in [0.5, 0.6) is 5.75 Å². The van der Waals surface area contributed by atoms with Gasteiger partial charge < -0.3 is 20.1 Å². The summed E-state index contributed by atoms with van der Waals surface area (Å²) in [5.41, 5.74) is 1.39. The number of amides is 2. The van der Waals surface area contributed by atoms with E-state index in [1.165, 1.54) is 4.90 Å². The first-order chi connectivity index (χ1) is 12.4. The van der Waals surface area contributed by atoms with Gasteiger partial charge in [-0.05, 0) is 54.9 Å². The Morgan fingerprint density at radius 2 is 2.15 bits per heavy atom. The molecule has 7 nitrogen and oxygen atoms in total. The van der Waals surface area contributed by atoms with Crippen LogP contribution in [-0.2, 0) is 16.0 Å². The lowest BCUT2D eigenvalue weighted by atomic mass is 10.0. The molecule has 3 aliphatic rings. The molecule has 2 amide bonds. The van der Waals surface area contributed by atoms with E-state index in [1.807, 2.05) is 6.92 Å². The first kappa shape index (κ1) is 16.9. The van der Waals surface area contributed by atoms with Crippen LogP contribution in [0.3, 0.4) is 0 Å². The molecule has 0 spiro atoms. The topological polar surface area (TPSA) is 95.9 Å². The lowest BCUT2D eigenvalue weighted by Gasteiger charge is -2.24. The van der Waals surface area contributed by atoms with Crippen molar-refractivity contribution in [1.29, 1.82) is 0 Å². The van der Waals surface area contributed by atoms with Crippen LogP contribution in [0.4, 0.5) is 0 Å². The molecule has 0 aromatic heterocycles. The molecular weight excluding hydrogens is 336 g/mol. The van der Waals surface area contributed by atoms with Crippen LogP contribution in [-0.4, -0.2) is 53.0 Å². The molecule has 1 aliphatic carbocycles. The van der Waals surface area contributed by atoms with Gasteiger partial charge in [0.15, 0.2) is 0 Å². The van der Waals surface area contributed by atoms with Gasteiger partial charge in [0.25, 0.3) is 5.91 Å². The van der Waals surface area contributed by atoms with Crippen LogP contribution < -0.4 is 10.1 Å². The van der Waals surface area contributed by atoms with Gasteiger partial charge in [-0.2, -0.15) is 0 Å². The third-order valence-electron chi connectivity index (χ3n) is 5.78. The number of carboxylic acids is 1.